The van der Waals surface area contributed by atoms with Gasteiger partial charge in [0.05, 0.1) is 0 Å². The topological polar surface area (TPSA) is 53.4 Å². The van der Waals surface area contributed by atoms with E-state index >= 15 is 0 Å². The van der Waals surface area contributed by atoms with Gasteiger partial charge in [-0.1, -0.05) is 6.07 Å². The van der Waals surface area contributed by atoms with Gasteiger partial charge in [0, 0.05) is 30.0 Å². The number of carboxylic acid groups (broad SMARTS) is 1. The van der Waals surface area contributed by atoms with Crippen molar-refractivity contribution < 1.29 is 9.90 Å². The minimum Gasteiger partial charge on any atom is -0.480 e. The molecule has 1 atom stereocenters. The summed E-state index contributed by atoms with van der Waals surface area (Å²) < 4.78 is 0. The number of hydrogen-bond donors (Lipinski definition) is 1. The minimum absolute atomic E-state index is 0.390. The molecule has 1 fully saturated rings. The number of benzene rings is 1. The van der Waals surface area contributed by atoms with Gasteiger partial charge in [0.1, 0.15) is 6.04 Å². The number of nitrogens with zero attached hydrogens (tertiary/aromatic N) is 2. The summed E-state index contributed by atoms with van der Waals surface area (Å²) in [6.45, 7) is 0.808. The highest BCUT2D eigenvalue weighted by Crippen LogP contribution is 2.28. The molecule has 0 bridgehead atoms. The van der Waals surface area contributed by atoms with Gasteiger partial charge in [0.25, 0.3) is 0 Å². The number of anilines is 1. The highest BCUT2D eigenvalue weighted by atomic mass is 16.4. The SMILES string of the molecule is O=C(O)C1CCCN1c1ccc2ccncc2c1. The van der Waals surface area contributed by atoms with E-state index in [1.165, 1.54) is 0 Å². The molecule has 92 valence electrons. The summed E-state index contributed by atoms with van der Waals surface area (Å²) in [6.07, 6.45) is 5.23. The third kappa shape index (κ3) is 1.79. The molecule has 2 heterocycles. The van der Waals surface area contributed by atoms with Crippen LogP contribution in [0.2, 0.25) is 0 Å². The molecule has 2 aromatic rings. The van der Waals surface area contributed by atoms with E-state index in [-0.39, 0.29) is 6.04 Å². The first-order valence-corrected chi connectivity index (χ1v) is 6.09. The number of aromatic nitrogens is 1. The van der Waals surface area contributed by atoms with Crippen LogP contribution in [0.1, 0.15) is 12.8 Å². The second-order valence-corrected chi connectivity index (χ2v) is 4.60. The van der Waals surface area contributed by atoms with Gasteiger partial charge in [-0.3, -0.25) is 4.98 Å². The number of carboxylic acids is 1. The van der Waals surface area contributed by atoms with Crippen LogP contribution < -0.4 is 4.90 Å². The zero-order valence-electron chi connectivity index (χ0n) is 9.91. The van der Waals surface area contributed by atoms with Gasteiger partial charge >= 0.3 is 5.97 Å². The van der Waals surface area contributed by atoms with Crippen LogP contribution >= 0.6 is 0 Å². The molecule has 1 unspecified atom stereocenters. The minimum atomic E-state index is -0.737. The average Bonchev–Trinajstić information content (AvgIpc) is 2.87. The molecule has 0 radical (unpaired) electrons. The third-order valence-corrected chi connectivity index (χ3v) is 3.49. The predicted molar refractivity (Wildman–Crippen MR) is 69.7 cm³/mol. The smallest absolute Gasteiger partial charge is 0.326 e. The highest BCUT2D eigenvalue weighted by Gasteiger charge is 2.30. The van der Waals surface area contributed by atoms with Crippen LogP contribution in [-0.4, -0.2) is 28.6 Å². The molecule has 0 spiro atoms. The summed E-state index contributed by atoms with van der Waals surface area (Å²) in [5.74, 6) is -0.737. The first-order valence-electron chi connectivity index (χ1n) is 6.09. The van der Waals surface area contributed by atoms with Gasteiger partial charge in [-0.05, 0) is 36.4 Å². The Hall–Kier alpha value is -2.10. The number of carbonyl (C=O) groups is 1. The first-order chi connectivity index (χ1) is 8.75. The zero-order valence-corrected chi connectivity index (χ0v) is 9.91. The lowest BCUT2D eigenvalue weighted by atomic mass is 10.1. The van der Waals surface area contributed by atoms with E-state index in [1.807, 2.05) is 35.4 Å². The molecule has 0 aliphatic carbocycles. The van der Waals surface area contributed by atoms with Crippen molar-refractivity contribution in [2.75, 3.05) is 11.4 Å². The number of rotatable bonds is 2. The van der Waals surface area contributed by atoms with E-state index in [2.05, 4.69) is 4.98 Å². The Morgan fingerprint density at radius 2 is 2.22 bits per heavy atom. The Kier molecular flexibility index (Phi) is 2.63. The largest absolute Gasteiger partial charge is 0.480 e. The lowest BCUT2D eigenvalue weighted by molar-refractivity contribution is -0.138. The standard InChI is InChI=1S/C14H14N2O2/c17-14(18)13-2-1-7-16(13)12-4-3-10-5-6-15-9-11(10)8-12/h3-6,8-9,13H,1-2,7H2,(H,17,18). The fraction of sp³-hybridized carbons (Fsp3) is 0.286. The third-order valence-electron chi connectivity index (χ3n) is 3.49. The van der Waals surface area contributed by atoms with E-state index in [0.717, 1.165) is 35.8 Å². The second-order valence-electron chi connectivity index (χ2n) is 4.60. The Morgan fingerprint density at radius 3 is 3.06 bits per heavy atom. The van der Waals surface area contributed by atoms with E-state index < -0.39 is 5.97 Å². The van der Waals surface area contributed by atoms with Crippen molar-refractivity contribution in [2.45, 2.75) is 18.9 Å². The maximum atomic E-state index is 11.2. The molecule has 0 amide bonds. The van der Waals surface area contributed by atoms with Crippen molar-refractivity contribution in [3.63, 3.8) is 0 Å². The molecule has 1 aromatic heterocycles. The van der Waals surface area contributed by atoms with Crippen molar-refractivity contribution in [3.05, 3.63) is 36.7 Å². The van der Waals surface area contributed by atoms with Crippen LogP contribution in [0.25, 0.3) is 10.8 Å². The molecule has 1 N–H and O–H groups in total. The molecular weight excluding hydrogens is 228 g/mol. The number of aliphatic carboxylic acids is 1. The summed E-state index contributed by atoms with van der Waals surface area (Å²) in [5.41, 5.74) is 0.973. The quantitative estimate of drug-likeness (QED) is 0.877. The lowest BCUT2D eigenvalue weighted by Gasteiger charge is -2.23. The molecule has 3 rings (SSSR count). The van der Waals surface area contributed by atoms with Crippen molar-refractivity contribution in [1.29, 1.82) is 0 Å². The van der Waals surface area contributed by atoms with Gasteiger partial charge < -0.3 is 10.0 Å². The van der Waals surface area contributed by atoms with Crippen molar-refractivity contribution >= 4 is 22.4 Å². The molecule has 18 heavy (non-hydrogen) atoms. The van der Waals surface area contributed by atoms with E-state index in [1.54, 1.807) is 6.20 Å². The molecule has 1 saturated heterocycles. The zero-order chi connectivity index (χ0) is 12.5. The van der Waals surface area contributed by atoms with Crippen LogP contribution in [0.15, 0.2) is 36.7 Å². The van der Waals surface area contributed by atoms with Crippen LogP contribution in [0.5, 0.6) is 0 Å². The van der Waals surface area contributed by atoms with Gasteiger partial charge in [-0.15, -0.1) is 0 Å². The average molecular weight is 242 g/mol. The van der Waals surface area contributed by atoms with Crippen LogP contribution in [-0.2, 0) is 4.79 Å². The maximum Gasteiger partial charge on any atom is 0.326 e. The van der Waals surface area contributed by atoms with Crippen LogP contribution in [0.4, 0.5) is 5.69 Å². The summed E-state index contributed by atoms with van der Waals surface area (Å²) in [6, 6.07) is 7.59. The van der Waals surface area contributed by atoms with Gasteiger partial charge in [-0.25, -0.2) is 4.79 Å². The molecular formula is C14H14N2O2. The molecule has 4 heteroatoms. The van der Waals surface area contributed by atoms with E-state index in [0.29, 0.717) is 0 Å². The number of pyridine rings is 1. The summed E-state index contributed by atoms with van der Waals surface area (Å²) in [4.78, 5) is 17.3. The molecule has 1 aromatic carbocycles. The lowest BCUT2D eigenvalue weighted by Crippen LogP contribution is -2.35. The Bertz CT molecular complexity index is 597. The van der Waals surface area contributed by atoms with Crippen molar-refractivity contribution in [3.8, 4) is 0 Å². The molecule has 0 saturated carbocycles. The molecule has 1 aliphatic heterocycles. The number of fused-ring (bicyclic) bond motifs is 1. The first kappa shape index (κ1) is 11.0. The van der Waals surface area contributed by atoms with Gasteiger partial charge in [0.15, 0.2) is 0 Å². The fourth-order valence-electron chi connectivity index (χ4n) is 2.58. The summed E-state index contributed by atoms with van der Waals surface area (Å²) in [7, 11) is 0. The summed E-state index contributed by atoms with van der Waals surface area (Å²) in [5, 5.41) is 11.4. The molecule has 4 nitrogen and oxygen atoms in total. The van der Waals surface area contributed by atoms with Crippen LogP contribution in [0.3, 0.4) is 0 Å². The Labute approximate surface area is 105 Å². The van der Waals surface area contributed by atoms with Crippen molar-refractivity contribution in [1.82, 2.24) is 4.98 Å². The fourth-order valence-corrected chi connectivity index (χ4v) is 2.58. The van der Waals surface area contributed by atoms with Gasteiger partial charge in [0.2, 0.25) is 0 Å². The van der Waals surface area contributed by atoms with Gasteiger partial charge in [-0.2, -0.15) is 0 Å². The summed E-state index contributed by atoms with van der Waals surface area (Å²) >= 11 is 0. The number of hydrogen-bond acceptors (Lipinski definition) is 3. The highest BCUT2D eigenvalue weighted by molar-refractivity contribution is 5.86. The van der Waals surface area contributed by atoms with Crippen molar-refractivity contribution in [2.24, 2.45) is 0 Å². The van der Waals surface area contributed by atoms with E-state index in [9.17, 15) is 9.90 Å². The monoisotopic (exact) mass is 242 g/mol. The Morgan fingerprint density at radius 1 is 1.33 bits per heavy atom. The van der Waals surface area contributed by atoms with Crippen LogP contribution in [0, 0.1) is 0 Å². The predicted octanol–water partition coefficient (Wildman–Crippen LogP) is 2.29. The van der Waals surface area contributed by atoms with E-state index in [4.69, 9.17) is 0 Å². The Balaban J connectivity index is 2.01. The molecule has 1 aliphatic rings. The second kappa shape index (κ2) is 4.29. The maximum absolute atomic E-state index is 11.2. The normalized spacial score (nSPS) is 19.3.